The maximum atomic E-state index is 12.9. The number of carbonyl (C=O) groups excluding carboxylic acids is 1. The average Bonchev–Trinajstić information content (AvgIpc) is 2.68. The van der Waals surface area contributed by atoms with Crippen molar-refractivity contribution in [2.45, 2.75) is 56.8 Å². The van der Waals surface area contributed by atoms with E-state index in [1.165, 1.54) is 48.4 Å². The molecule has 0 radical (unpaired) electrons. The van der Waals surface area contributed by atoms with Gasteiger partial charge in [0.15, 0.2) is 5.16 Å². The van der Waals surface area contributed by atoms with E-state index in [4.69, 9.17) is 0 Å². The summed E-state index contributed by atoms with van der Waals surface area (Å²) in [6, 6.07) is 5.34. The van der Waals surface area contributed by atoms with Crippen LogP contribution in [0.4, 0.5) is 0 Å². The molecule has 152 valence electrons. The van der Waals surface area contributed by atoms with Crippen LogP contribution in [0, 0.1) is 5.92 Å². The van der Waals surface area contributed by atoms with Crippen LogP contribution >= 0.6 is 27.7 Å². The highest BCUT2D eigenvalue weighted by molar-refractivity contribution is 9.10. The van der Waals surface area contributed by atoms with E-state index in [2.05, 4.69) is 26.2 Å². The predicted molar refractivity (Wildman–Crippen MR) is 116 cm³/mol. The van der Waals surface area contributed by atoms with E-state index < -0.39 is 6.10 Å². The maximum absolute atomic E-state index is 12.9. The number of hydrogen-bond donors (Lipinski definition) is 2. The quantitative estimate of drug-likeness (QED) is 0.481. The first-order chi connectivity index (χ1) is 13.4. The number of rotatable bonds is 7. The van der Waals surface area contributed by atoms with Gasteiger partial charge in [-0.15, -0.1) is 0 Å². The molecule has 0 aliphatic heterocycles. The molecule has 1 aliphatic rings. The molecule has 1 saturated carbocycles. The number of aliphatic hydroxyl groups is 1. The fourth-order valence-electron chi connectivity index (χ4n) is 3.54. The summed E-state index contributed by atoms with van der Waals surface area (Å²) in [6.07, 6.45) is 5.47. The highest BCUT2D eigenvalue weighted by Crippen LogP contribution is 2.23. The number of halogens is 1. The molecule has 2 aromatic rings. The number of nitrogens with one attached hydrogen (secondary N) is 1. The zero-order valence-corrected chi connectivity index (χ0v) is 18.4. The van der Waals surface area contributed by atoms with Gasteiger partial charge >= 0.3 is 0 Å². The molecule has 0 saturated heterocycles. The number of amides is 1. The summed E-state index contributed by atoms with van der Waals surface area (Å²) in [5.74, 6) is 0.721. The Labute approximate surface area is 177 Å². The highest BCUT2D eigenvalue weighted by atomic mass is 79.9. The van der Waals surface area contributed by atoms with E-state index in [0.29, 0.717) is 22.0 Å². The van der Waals surface area contributed by atoms with Gasteiger partial charge in [0.2, 0.25) is 5.91 Å². The van der Waals surface area contributed by atoms with Crippen LogP contribution in [-0.2, 0) is 11.3 Å². The van der Waals surface area contributed by atoms with Crippen molar-refractivity contribution in [3.05, 3.63) is 33.0 Å². The molecule has 1 fully saturated rings. The zero-order chi connectivity index (χ0) is 20.1. The van der Waals surface area contributed by atoms with E-state index in [9.17, 15) is 14.7 Å². The van der Waals surface area contributed by atoms with Gasteiger partial charge in [0.1, 0.15) is 0 Å². The number of hydrogen-bond acceptors (Lipinski definition) is 5. The molecule has 3 rings (SSSR count). The molecule has 1 heterocycles. The van der Waals surface area contributed by atoms with Gasteiger partial charge in [0, 0.05) is 11.0 Å². The van der Waals surface area contributed by atoms with Crippen molar-refractivity contribution in [1.82, 2.24) is 14.9 Å². The minimum absolute atomic E-state index is 0.0516. The maximum Gasteiger partial charge on any atom is 0.262 e. The third-order valence-electron chi connectivity index (χ3n) is 4.97. The molecule has 0 bridgehead atoms. The van der Waals surface area contributed by atoms with E-state index >= 15 is 0 Å². The molecule has 8 heteroatoms. The van der Waals surface area contributed by atoms with Crippen molar-refractivity contribution in [3.8, 4) is 0 Å². The summed E-state index contributed by atoms with van der Waals surface area (Å²) in [5, 5.41) is 13.8. The number of fused-ring (bicyclic) bond motifs is 1. The summed E-state index contributed by atoms with van der Waals surface area (Å²) in [5.41, 5.74) is 0.373. The first-order valence-electron chi connectivity index (χ1n) is 9.71. The Bertz CT molecular complexity index is 894. The van der Waals surface area contributed by atoms with Crippen molar-refractivity contribution in [2.24, 2.45) is 5.92 Å². The van der Waals surface area contributed by atoms with Gasteiger partial charge in [-0.25, -0.2) is 4.98 Å². The lowest BCUT2D eigenvalue weighted by Gasteiger charge is -2.21. The van der Waals surface area contributed by atoms with Gasteiger partial charge in [-0.3, -0.25) is 14.2 Å². The topological polar surface area (TPSA) is 84.2 Å². The third kappa shape index (κ3) is 5.58. The highest BCUT2D eigenvalue weighted by Gasteiger charge is 2.17. The molecule has 1 aliphatic carbocycles. The van der Waals surface area contributed by atoms with E-state index in [-0.39, 0.29) is 23.8 Å². The first-order valence-corrected chi connectivity index (χ1v) is 11.5. The smallest absolute Gasteiger partial charge is 0.262 e. The molecule has 1 atom stereocenters. The average molecular weight is 468 g/mol. The fraction of sp³-hybridized carbons (Fsp3) is 0.550. The Balaban J connectivity index is 1.72. The lowest BCUT2D eigenvalue weighted by Crippen LogP contribution is -2.32. The minimum Gasteiger partial charge on any atom is -0.392 e. The van der Waals surface area contributed by atoms with Crippen molar-refractivity contribution in [3.63, 3.8) is 0 Å². The lowest BCUT2D eigenvalue weighted by atomic mass is 9.89. The van der Waals surface area contributed by atoms with Crippen molar-refractivity contribution < 1.29 is 9.90 Å². The largest absolute Gasteiger partial charge is 0.392 e. The Morgan fingerprint density at radius 1 is 1.39 bits per heavy atom. The van der Waals surface area contributed by atoms with E-state index in [1.54, 1.807) is 19.1 Å². The monoisotopic (exact) mass is 467 g/mol. The number of aromatic nitrogens is 2. The standard InChI is InChI=1S/C20H26BrN3O3S/c1-13(25)11-24-19(27)16-9-15(21)7-8-17(16)23-20(24)28-12-18(26)22-10-14-5-3-2-4-6-14/h7-9,13-14,25H,2-6,10-12H2,1H3,(H,22,26)/t13-/m1/s1. The summed E-state index contributed by atoms with van der Waals surface area (Å²) in [6.45, 7) is 2.49. The molecule has 1 amide bonds. The van der Waals surface area contributed by atoms with Crippen LogP contribution in [-0.4, -0.2) is 39.0 Å². The number of aliphatic hydroxyl groups excluding tert-OH is 1. The molecule has 0 unspecified atom stereocenters. The minimum atomic E-state index is -0.691. The van der Waals surface area contributed by atoms with Crippen LogP contribution in [0.2, 0.25) is 0 Å². The van der Waals surface area contributed by atoms with Crippen molar-refractivity contribution >= 4 is 44.5 Å². The molecule has 1 aromatic carbocycles. The molecule has 28 heavy (non-hydrogen) atoms. The van der Waals surface area contributed by atoms with Crippen LogP contribution in [0.3, 0.4) is 0 Å². The molecular weight excluding hydrogens is 442 g/mol. The summed E-state index contributed by atoms with van der Waals surface area (Å²) in [7, 11) is 0. The molecule has 2 N–H and O–H groups in total. The van der Waals surface area contributed by atoms with Gasteiger partial charge in [0.25, 0.3) is 5.56 Å². The van der Waals surface area contributed by atoms with Gasteiger partial charge in [0.05, 0.1) is 29.3 Å². The van der Waals surface area contributed by atoms with Crippen LogP contribution < -0.4 is 10.9 Å². The Hall–Kier alpha value is -1.38. The Morgan fingerprint density at radius 3 is 2.86 bits per heavy atom. The van der Waals surface area contributed by atoms with Crippen molar-refractivity contribution in [2.75, 3.05) is 12.3 Å². The van der Waals surface area contributed by atoms with Crippen molar-refractivity contribution in [1.29, 1.82) is 0 Å². The summed E-state index contributed by atoms with van der Waals surface area (Å²) in [4.78, 5) is 29.7. The zero-order valence-electron chi connectivity index (χ0n) is 16.0. The summed E-state index contributed by atoms with van der Waals surface area (Å²) < 4.78 is 2.25. The van der Waals surface area contributed by atoms with Crippen LogP contribution in [0.15, 0.2) is 32.6 Å². The van der Waals surface area contributed by atoms with Crippen LogP contribution in [0.25, 0.3) is 10.9 Å². The summed E-state index contributed by atoms with van der Waals surface area (Å²) >= 11 is 4.61. The number of carbonyl (C=O) groups is 1. The normalized spacial score (nSPS) is 16.2. The van der Waals surface area contributed by atoms with Gasteiger partial charge in [-0.05, 0) is 43.9 Å². The van der Waals surface area contributed by atoms with Gasteiger partial charge in [-0.1, -0.05) is 47.0 Å². The Morgan fingerprint density at radius 2 is 2.14 bits per heavy atom. The van der Waals surface area contributed by atoms with E-state index in [1.807, 2.05) is 6.07 Å². The first kappa shape index (κ1) is 21.3. The lowest BCUT2D eigenvalue weighted by molar-refractivity contribution is -0.118. The Kier molecular flexibility index (Phi) is 7.54. The van der Waals surface area contributed by atoms with Crippen LogP contribution in [0.5, 0.6) is 0 Å². The van der Waals surface area contributed by atoms with Crippen LogP contribution in [0.1, 0.15) is 39.0 Å². The molecular formula is C20H26BrN3O3S. The molecule has 1 aromatic heterocycles. The van der Waals surface area contributed by atoms with Gasteiger partial charge < -0.3 is 10.4 Å². The fourth-order valence-corrected chi connectivity index (χ4v) is 4.74. The molecule has 6 nitrogen and oxygen atoms in total. The number of nitrogens with zero attached hydrogens (tertiary/aromatic N) is 2. The SMILES string of the molecule is C[C@@H](O)Cn1c(SCC(=O)NCC2CCCCC2)nc2ccc(Br)cc2c1=O. The second-order valence-corrected chi connectivity index (χ2v) is 9.28. The second-order valence-electron chi connectivity index (χ2n) is 7.42. The van der Waals surface area contributed by atoms with E-state index in [0.717, 1.165) is 11.0 Å². The van der Waals surface area contributed by atoms with Gasteiger partial charge in [-0.2, -0.15) is 0 Å². The second kappa shape index (κ2) is 9.89. The predicted octanol–water partition coefficient (Wildman–Crippen LogP) is 3.33. The molecule has 0 spiro atoms. The number of benzene rings is 1. The number of thioether (sulfide) groups is 1. The third-order valence-corrected chi connectivity index (χ3v) is 6.44.